The summed E-state index contributed by atoms with van der Waals surface area (Å²) in [5.74, 6) is 1.96. The summed E-state index contributed by atoms with van der Waals surface area (Å²) in [4.78, 5) is 15.0. The Kier molecular flexibility index (Phi) is 6.47. The van der Waals surface area contributed by atoms with Gasteiger partial charge in [-0.1, -0.05) is 152 Å². The molecule has 0 spiro atoms. The van der Waals surface area contributed by atoms with E-state index in [0.29, 0.717) is 17.5 Å². The van der Waals surface area contributed by atoms with Crippen molar-refractivity contribution in [2.24, 2.45) is 0 Å². The molecule has 0 aliphatic carbocycles. The third-order valence-electron chi connectivity index (χ3n) is 8.12. The van der Waals surface area contributed by atoms with Crippen LogP contribution in [0.3, 0.4) is 0 Å². The highest BCUT2D eigenvalue weighted by Crippen LogP contribution is 2.37. The summed E-state index contributed by atoms with van der Waals surface area (Å²) < 4.78 is 0. The fourth-order valence-electron chi connectivity index (χ4n) is 5.92. The number of fused-ring (bicyclic) bond motifs is 2. The molecule has 0 unspecified atom stereocenters. The Labute approximate surface area is 256 Å². The minimum atomic E-state index is 0.647. The van der Waals surface area contributed by atoms with Crippen LogP contribution in [-0.2, 0) is 0 Å². The zero-order valence-corrected chi connectivity index (χ0v) is 23.9. The number of hydrogen-bond acceptors (Lipinski definition) is 3. The normalized spacial score (nSPS) is 11.2. The maximum Gasteiger partial charge on any atom is 0.164 e. The van der Waals surface area contributed by atoms with Crippen LogP contribution in [0.25, 0.3) is 78.0 Å². The number of nitrogens with zero attached hydrogens (tertiary/aromatic N) is 3. The quantitative estimate of drug-likeness (QED) is 0.210. The molecule has 0 fully saturated rings. The van der Waals surface area contributed by atoms with E-state index in [-0.39, 0.29) is 0 Å². The van der Waals surface area contributed by atoms with Gasteiger partial charge < -0.3 is 0 Å². The van der Waals surface area contributed by atoms with Crippen molar-refractivity contribution in [3.8, 4) is 56.4 Å². The summed E-state index contributed by atoms with van der Waals surface area (Å²) in [5.41, 5.74) is 7.59. The Hall–Kier alpha value is -5.93. The van der Waals surface area contributed by atoms with Crippen LogP contribution in [0, 0.1) is 0 Å². The highest BCUT2D eigenvalue weighted by atomic mass is 15.0. The molecule has 3 nitrogen and oxygen atoms in total. The summed E-state index contributed by atoms with van der Waals surface area (Å²) in [6.45, 7) is 0. The fourth-order valence-corrected chi connectivity index (χ4v) is 5.92. The van der Waals surface area contributed by atoms with Crippen LogP contribution in [0.5, 0.6) is 0 Å². The van der Waals surface area contributed by atoms with Crippen LogP contribution in [0.2, 0.25) is 0 Å². The molecule has 0 amide bonds. The molecule has 0 saturated heterocycles. The van der Waals surface area contributed by atoms with Gasteiger partial charge in [-0.15, -0.1) is 0 Å². The van der Waals surface area contributed by atoms with E-state index in [9.17, 15) is 0 Å². The van der Waals surface area contributed by atoms with Crippen molar-refractivity contribution in [2.75, 3.05) is 0 Å². The molecule has 3 heteroatoms. The van der Waals surface area contributed by atoms with E-state index in [1.807, 2.05) is 30.3 Å². The monoisotopic (exact) mass is 561 g/mol. The zero-order chi connectivity index (χ0) is 29.3. The van der Waals surface area contributed by atoms with Gasteiger partial charge in [0.2, 0.25) is 0 Å². The SMILES string of the molecule is c1ccc(-c2nc(-c3cccc(-c4ccc(-c5ccccc5)c5ccccc45)c3)nc(-c3ccc4ccccc4c3)n2)cc1. The second kappa shape index (κ2) is 11.0. The average molecular weight is 562 g/mol. The van der Waals surface area contributed by atoms with Crippen LogP contribution in [0.1, 0.15) is 0 Å². The summed E-state index contributed by atoms with van der Waals surface area (Å²) in [6.07, 6.45) is 0. The number of aromatic nitrogens is 3. The highest BCUT2D eigenvalue weighted by molar-refractivity contribution is 6.05. The predicted octanol–water partition coefficient (Wildman–Crippen LogP) is 10.5. The van der Waals surface area contributed by atoms with Crippen molar-refractivity contribution in [1.29, 1.82) is 0 Å². The van der Waals surface area contributed by atoms with Gasteiger partial charge in [0.25, 0.3) is 0 Å². The van der Waals surface area contributed by atoms with Crippen LogP contribution in [-0.4, -0.2) is 15.0 Å². The first-order chi connectivity index (χ1) is 21.8. The first kappa shape index (κ1) is 25.8. The van der Waals surface area contributed by atoms with Crippen LogP contribution >= 0.6 is 0 Å². The lowest BCUT2D eigenvalue weighted by atomic mass is 9.91. The van der Waals surface area contributed by atoms with Crippen molar-refractivity contribution in [1.82, 2.24) is 15.0 Å². The predicted molar refractivity (Wildman–Crippen MR) is 182 cm³/mol. The smallest absolute Gasteiger partial charge is 0.164 e. The van der Waals surface area contributed by atoms with E-state index >= 15 is 0 Å². The lowest BCUT2D eigenvalue weighted by Gasteiger charge is -2.13. The first-order valence-corrected chi connectivity index (χ1v) is 14.8. The minimum absolute atomic E-state index is 0.647. The Morgan fingerprint density at radius 1 is 0.273 bits per heavy atom. The van der Waals surface area contributed by atoms with Crippen LogP contribution in [0.15, 0.2) is 164 Å². The lowest BCUT2D eigenvalue weighted by Crippen LogP contribution is -2.00. The third kappa shape index (κ3) is 4.81. The Morgan fingerprint density at radius 2 is 0.750 bits per heavy atom. The Balaban J connectivity index is 1.28. The van der Waals surface area contributed by atoms with Gasteiger partial charge in [0.15, 0.2) is 17.5 Å². The van der Waals surface area contributed by atoms with Crippen molar-refractivity contribution < 1.29 is 0 Å². The molecule has 0 radical (unpaired) electrons. The molecule has 7 aromatic carbocycles. The van der Waals surface area contributed by atoms with E-state index in [0.717, 1.165) is 27.6 Å². The van der Waals surface area contributed by atoms with Gasteiger partial charge in [0.05, 0.1) is 0 Å². The topological polar surface area (TPSA) is 38.7 Å². The second-order valence-corrected chi connectivity index (χ2v) is 10.9. The zero-order valence-electron chi connectivity index (χ0n) is 23.9. The molecule has 0 saturated carbocycles. The van der Waals surface area contributed by atoms with Gasteiger partial charge in [-0.05, 0) is 55.9 Å². The van der Waals surface area contributed by atoms with E-state index in [1.54, 1.807) is 0 Å². The first-order valence-electron chi connectivity index (χ1n) is 14.8. The third-order valence-corrected chi connectivity index (χ3v) is 8.12. The van der Waals surface area contributed by atoms with Gasteiger partial charge in [-0.25, -0.2) is 15.0 Å². The minimum Gasteiger partial charge on any atom is -0.208 e. The molecule has 0 bridgehead atoms. The van der Waals surface area contributed by atoms with E-state index in [1.165, 1.54) is 32.8 Å². The molecule has 0 aliphatic heterocycles. The van der Waals surface area contributed by atoms with Gasteiger partial charge >= 0.3 is 0 Å². The maximum atomic E-state index is 5.03. The van der Waals surface area contributed by atoms with Gasteiger partial charge in [-0.2, -0.15) is 0 Å². The second-order valence-electron chi connectivity index (χ2n) is 10.9. The molecular formula is C41H27N3. The summed E-state index contributed by atoms with van der Waals surface area (Å²) in [7, 11) is 0. The van der Waals surface area contributed by atoms with Crippen molar-refractivity contribution in [3.05, 3.63) is 164 Å². The maximum absolute atomic E-state index is 5.03. The molecule has 206 valence electrons. The average Bonchev–Trinajstić information content (AvgIpc) is 3.11. The molecular weight excluding hydrogens is 534 g/mol. The van der Waals surface area contributed by atoms with Crippen molar-refractivity contribution in [3.63, 3.8) is 0 Å². The van der Waals surface area contributed by atoms with Crippen molar-refractivity contribution >= 4 is 21.5 Å². The van der Waals surface area contributed by atoms with Crippen LogP contribution < -0.4 is 0 Å². The van der Waals surface area contributed by atoms with E-state index < -0.39 is 0 Å². The molecule has 1 heterocycles. The number of hydrogen-bond donors (Lipinski definition) is 0. The van der Waals surface area contributed by atoms with E-state index in [4.69, 9.17) is 15.0 Å². The van der Waals surface area contributed by atoms with Gasteiger partial charge in [0, 0.05) is 16.7 Å². The molecule has 0 aliphatic rings. The highest BCUT2D eigenvalue weighted by Gasteiger charge is 2.15. The summed E-state index contributed by atoms with van der Waals surface area (Å²) in [6, 6.07) is 57.0. The summed E-state index contributed by atoms with van der Waals surface area (Å²) in [5, 5.41) is 4.78. The number of benzene rings is 7. The van der Waals surface area contributed by atoms with Crippen molar-refractivity contribution in [2.45, 2.75) is 0 Å². The van der Waals surface area contributed by atoms with E-state index in [2.05, 4.69) is 133 Å². The van der Waals surface area contributed by atoms with Gasteiger partial charge in [-0.3, -0.25) is 0 Å². The standard InChI is InChI=1S/C41H27N3/c1-3-13-29(14-4-1)35-24-25-36(38-21-10-9-20-37(35)38)32-18-11-19-33(27-32)40-42-39(30-15-5-2-6-16-30)43-41(44-40)34-23-22-28-12-7-8-17-31(28)26-34/h1-27H. The molecule has 1 aromatic heterocycles. The molecule has 8 rings (SSSR count). The number of rotatable bonds is 5. The largest absolute Gasteiger partial charge is 0.208 e. The molecule has 0 N–H and O–H groups in total. The fraction of sp³-hybridized carbons (Fsp3) is 0. The lowest BCUT2D eigenvalue weighted by molar-refractivity contribution is 1.07. The molecule has 0 atom stereocenters. The Morgan fingerprint density at radius 3 is 1.43 bits per heavy atom. The molecule has 8 aromatic rings. The Bertz CT molecular complexity index is 2270. The molecule has 44 heavy (non-hydrogen) atoms. The van der Waals surface area contributed by atoms with Gasteiger partial charge in [0.1, 0.15) is 0 Å². The summed E-state index contributed by atoms with van der Waals surface area (Å²) >= 11 is 0. The van der Waals surface area contributed by atoms with Crippen LogP contribution in [0.4, 0.5) is 0 Å².